The highest BCUT2D eigenvalue weighted by atomic mass is 32.3. The number of hydrogen-bond donors (Lipinski definition) is 0. The Morgan fingerprint density at radius 1 is 0.800 bits per heavy atom. The molecule has 0 radical (unpaired) electrons. The Morgan fingerprint density at radius 2 is 1.10 bits per heavy atom. The lowest BCUT2D eigenvalue weighted by Gasteiger charge is -2.02. The van der Waals surface area contributed by atoms with Gasteiger partial charge in [-0.05, 0) is 11.5 Å². The second kappa shape index (κ2) is 7.42. The fraction of sp³-hybridized carbons (Fsp3) is 1.00. The Labute approximate surface area is 80.4 Å². The molecule has 0 aromatic heterocycles. The molecule has 0 aliphatic rings. The molecule has 4 heteroatoms. The van der Waals surface area contributed by atoms with Gasteiger partial charge in [0.1, 0.15) is 0 Å². The summed E-state index contributed by atoms with van der Waals surface area (Å²) in [4.78, 5) is 0. The zero-order chi connectivity index (χ0) is 7.98. The monoisotopic (exact) mass is 206 g/mol. The van der Waals surface area contributed by atoms with E-state index in [2.05, 4.69) is 43.4 Å². The molecule has 0 heterocycles. The summed E-state index contributed by atoms with van der Waals surface area (Å²) in [5.41, 5.74) is 0. The SMILES string of the molecule is [CH3][Al]([CH3])[S]CC[S][Al]([CH3])[CH3]. The minimum atomic E-state index is -0.315. The van der Waals surface area contributed by atoms with Gasteiger partial charge < -0.3 is 0 Å². The quantitative estimate of drug-likeness (QED) is 0.501. The van der Waals surface area contributed by atoms with Gasteiger partial charge in [-0.2, -0.15) is 0 Å². The molecule has 0 fully saturated rings. The van der Waals surface area contributed by atoms with E-state index in [4.69, 9.17) is 0 Å². The Morgan fingerprint density at radius 3 is 1.30 bits per heavy atom. The fourth-order valence-electron chi connectivity index (χ4n) is 0.568. The van der Waals surface area contributed by atoms with Crippen LogP contribution in [0.3, 0.4) is 0 Å². The molecule has 0 N–H and O–H groups in total. The highest BCUT2D eigenvalue weighted by Crippen LogP contribution is 2.11. The van der Waals surface area contributed by atoms with Crippen LogP contribution < -0.4 is 0 Å². The van der Waals surface area contributed by atoms with E-state index < -0.39 is 0 Å². The van der Waals surface area contributed by atoms with Gasteiger partial charge in [0, 0.05) is 0 Å². The normalized spacial score (nSPS) is 9.60. The fourth-order valence-corrected chi connectivity index (χ4v) is 6.84. The molecule has 0 saturated heterocycles. The van der Waals surface area contributed by atoms with Crippen LogP contribution in [0.1, 0.15) is 0 Å². The topological polar surface area (TPSA) is 0 Å². The van der Waals surface area contributed by atoms with Crippen molar-refractivity contribution in [3.05, 3.63) is 0 Å². The van der Waals surface area contributed by atoms with Crippen molar-refractivity contribution >= 4 is 46.3 Å². The molecule has 0 amide bonds. The molecule has 0 bridgehead atoms. The molecule has 0 aliphatic heterocycles. The molecule has 0 rings (SSSR count). The minimum Gasteiger partial charge on any atom is -0.255 e. The molecular formula is C6H16Al2S2. The molecule has 0 aromatic carbocycles. The maximum Gasteiger partial charge on any atom is 0.342 e. The van der Waals surface area contributed by atoms with Crippen LogP contribution in [-0.4, -0.2) is 37.5 Å². The van der Waals surface area contributed by atoms with Crippen molar-refractivity contribution in [1.29, 1.82) is 0 Å². The van der Waals surface area contributed by atoms with Crippen molar-refractivity contribution < 1.29 is 0 Å². The lowest BCUT2D eigenvalue weighted by Crippen LogP contribution is -2.00. The zero-order valence-electron chi connectivity index (χ0n) is 7.39. The Kier molecular flexibility index (Phi) is 8.72. The summed E-state index contributed by atoms with van der Waals surface area (Å²) < 4.78 is 0. The highest BCUT2D eigenvalue weighted by Gasteiger charge is 2.04. The zero-order valence-corrected chi connectivity index (χ0v) is 11.3. The van der Waals surface area contributed by atoms with E-state index >= 15 is 0 Å². The number of hydrogen-bond acceptors (Lipinski definition) is 2. The third kappa shape index (κ3) is 9.76. The summed E-state index contributed by atoms with van der Waals surface area (Å²) in [5.74, 6) is 12.4. The standard InChI is InChI=1S/C2H6S2.4CH3.2Al/c3-1-2-4;;;;;;/h3-4H,1-2H2;4*1H3;;/q;;;;;2*+1/p-2. The summed E-state index contributed by atoms with van der Waals surface area (Å²) in [6.45, 7) is 0. The van der Waals surface area contributed by atoms with E-state index in [-0.39, 0.29) is 26.0 Å². The van der Waals surface area contributed by atoms with Crippen LogP contribution in [0.4, 0.5) is 0 Å². The summed E-state index contributed by atoms with van der Waals surface area (Å²) in [5, 5.41) is 0. The maximum atomic E-state index is 2.40. The van der Waals surface area contributed by atoms with Gasteiger partial charge in [0.15, 0.2) is 0 Å². The first kappa shape index (κ1) is 11.8. The minimum absolute atomic E-state index is 0.315. The average Bonchev–Trinajstić information content (AvgIpc) is 1.79. The summed E-state index contributed by atoms with van der Waals surface area (Å²) in [7, 11) is 4.43. The van der Waals surface area contributed by atoms with Crippen molar-refractivity contribution in [3.63, 3.8) is 0 Å². The van der Waals surface area contributed by atoms with Crippen LogP contribution in [-0.2, 0) is 0 Å². The van der Waals surface area contributed by atoms with E-state index in [0.29, 0.717) is 0 Å². The summed E-state index contributed by atoms with van der Waals surface area (Å²) in [6.07, 6.45) is 0. The van der Waals surface area contributed by atoms with E-state index in [0.717, 1.165) is 0 Å². The van der Waals surface area contributed by atoms with Gasteiger partial charge >= 0.3 is 26.0 Å². The maximum absolute atomic E-state index is 2.40. The van der Waals surface area contributed by atoms with Crippen LogP contribution >= 0.6 is 20.3 Å². The second-order valence-corrected chi connectivity index (χ2v) is 16.2. The van der Waals surface area contributed by atoms with Crippen molar-refractivity contribution in [3.8, 4) is 0 Å². The Bertz CT molecular complexity index is 66.1. The van der Waals surface area contributed by atoms with Gasteiger partial charge in [0.2, 0.25) is 0 Å². The highest BCUT2D eigenvalue weighted by molar-refractivity contribution is 8.28. The molecule has 0 aliphatic carbocycles. The van der Waals surface area contributed by atoms with Crippen molar-refractivity contribution in [1.82, 2.24) is 0 Å². The molecule has 0 atom stereocenters. The van der Waals surface area contributed by atoms with Crippen LogP contribution in [0.25, 0.3) is 0 Å². The van der Waals surface area contributed by atoms with Gasteiger partial charge in [-0.15, -0.1) is 0 Å². The molecule has 0 spiro atoms. The Hall–Kier alpha value is 1.76. The lowest BCUT2D eigenvalue weighted by molar-refractivity contribution is 1.57. The number of rotatable bonds is 5. The first-order valence-corrected chi connectivity index (χ1v) is 13.4. The average molecular weight is 206 g/mol. The lowest BCUT2D eigenvalue weighted by atomic mass is 11.0. The van der Waals surface area contributed by atoms with E-state index in [1.54, 1.807) is 0 Å². The van der Waals surface area contributed by atoms with Gasteiger partial charge in [-0.1, -0.05) is 23.1 Å². The molecule has 10 heavy (non-hydrogen) atoms. The van der Waals surface area contributed by atoms with Gasteiger partial charge in [-0.25, -0.2) is 0 Å². The van der Waals surface area contributed by atoms with E-state index in [1.165, 1.54) is 11.5 Å². The molecule has 0 aromatic rings. The van der Waals surface area contributed by atoms with Crippen LogP contribution in [0.5, 0.6) is 0 Å². The van der Waals surface area contributed by atoms with Crippen molar-refractivity contribution in [2.24, 2.45) is 0 Å². The van der Waals surface area contributed by atoms with Crippen LogP contribution in [0.2, 0.25) is 23.1 Å². The first-order valence-electron chi connectivity index (χ1n) is 3.86. The predicted molar refractivity (Wildman–Crippen MR) is 59.9 cm³/mol. The van der Waals surface area contributed by atoms with Crippen LogP contribution in [0.15, 0.2) is 0 Å². The van der Waals surface area contributed by atoms with Crippen LogP contribution in [0, 0.1) is 0 Å². The molecular weight excluding hydrogens is 190 g/mol. The third-order valence-electron chi connectivity index (χ3n) is 0.986. The largest absolute Gasteiger partial charge is 0.342 e. The van der Waals surface area contributed by atoms with E-state index in [9.17, 15) is 0 Å². The first-order chi connectivity index (χ1) is 4.63. The summed E-state index contributed by atoms with van der Waals surface area (Å²) in [6, 6.07) is 0. The Balaban J connectivity index is 2.91. The van der Waals surface area contributed by atoms with Gasteiger partial charge in [0.05, 0.1) is 0 Å². The molecule has 0 unspecified atom stereocenters. The van der Waals surface area contributed by atoms with Crippen molar-refractivity contribution in [2.45, 2.75) is 23.1 Å². The second-order valence-electron chi connectivity index (χ2n) is 2.84. The van der Waals surface area contributed by atoms with Crippen molar-refractivity contribution in [2.75, 3.05) is 11.5 Å². The van der Waals surface area contributed by atoms with Gasteiger partial charge in [0.25, 0.3) is 0 Å². The van der Waals surface area contributed by atoms with Gasteiger partial charge in [-0.3, -0.25) is 20.3 Å². The smallest absolute Gasteiger partial charge is 0.255 e. The third-order valence-corrected chi connectivity index (χ3v) is 8.87. The van der Waals surface area contributed by atoms with E-state index in [1.807, 2.05) is 0 Å². The molecule has 0 nitrogen and oxygen atoms in total. The predicted octanol–water partition coefficient (Wildman–Crippen LogP) is 2.96. The molecule has 0 saturated carbocycles. The molecule has 58 valence electrons. The summed E-state index contributed by atoms with van der Waals surface area (Å²) >= 11 is -0.629.